The van der Waals surface area contributed by atoms with Crippen molar-refractivity contribution in [2.24, 2.45) is 0 Å². The predicted octanol–water partition coefficient (Wildman–Crippen LogP) is 2.13. The molecule has 0 spiro atoms. The summed E-state index contributed by atoms with van der Waals surface area (Å²) in [4.78, 5) is 11.1. The van der Waals surface area contributed by atoms with Gasteiger partial charge in [-0.3, -0.25) is 0 Å². The number of carboxylic acids is 1. The highest BCUT2D eigenvalue weighted by Gasteiger charge is 2.20. The molecular weight excluding hydrogens is 230 g/mol. The zero-order valence-electron chi connectivity index (χ0n) is 11.4. The van der Waals surface area contributed by atoms with Crippen molar-refractivity contribution in [1.29, 1.82) is 0 Å². The van der Waals surface area contributed by atoms with Crippen molar-refractivity contribution < 1.29 is 14.6 Å². The molecule has 0 saturated carbocycles. The van der Waals surface area contributed by atoms with Crippen molar-refractivity contribution in [2.45, 2.75) is 39.8 Å². The Labute approximate surface area is 108 Å². The number of nitrogens with one attached hydrogen (secondary N) is 1. The Morgan fingerprint density at radius 3 is 2.61 bits per heavy atom. The number of benzene rings is 1. The number of hydrogen-bond donors (Lipinski definition) is 2. The molecule has 0 aliphatic carbocycles. The van der Waals surface area contributed by atoms with Crippen molar-refractivity contribution in [3.05, 3.63) is 29.3 Å². The summed E-state index contributed by atoms with van der Waals surface area (Å²) >= 11 is 0. The first-order valence-corrected chi connectivity index (χ1v) is 6.10. The molecule has 0 fully saturated rings. The summed E-state index contributed by atoms with van der Waals surface area (Å²) in [5.41, 5.74) is 1.99. The van der Waals surface area contributed by atoms with Gasteiger partial charge in [0.2, 0.25) is 6.10 Å². The van der Waals surface area contributed by atoms with Crippen LogP contribution in [0.1, 0.15) is 25.0 Å². The van der Waals surface area contributed by atoms with E-state index in [2.05, 4.69) is 5.32 Å². The third kappa shape index (κ3) is 4.37. The Morgan fingerprint density at radius 1 is 1.39 bits per heavy atom. The number of hydrogen-bond acceptors (Lipinski definition) is 3. The molecule has 0 aliphatic rings. The van der Waals surface area contributed by atoms with E-state index in [-0.39, 0.29) is 6.04 Å². The summed E-state index contributed by atoms with van der Waals surface area (Å²) in [5.74, 6) is -0.322. The van der Waals surface area contributed by atoms with Crippen LogP contribution in [0.3, 0.4) is 0 Å². The van der Waals surface area contributed by atoms with Crippen LogP contribution in [0, 0.1) is 13.8 Å². The largest absolute Gasteiger partial charge is 0.478 e. The predicted molar refractivity (Wildman–Crippen MR) is 71.1 cm³/mol. The van der Waals surface area contributed by atoms with Crippen molar-refractivity contribution >= 4 is 5.97 Å². The van der Waals surface area contributed by atoms with Crippen LogP contribution in [-0.2, 0) is 4.79 Å². The fourth-order valence-corrected chi connectivity index (χ4v) is 1.51. The first-order chi connectivity index (χ1) is 8.40. The molecule has 18 heavy (non-hydrogen) atoms. The molecule has 0 aromatic heterocycles. The van der Waals surface area contributed by atoms with Gasteiger partial charge in [0.25, 0.3) is 0 Å². The highest BCUT2D eigenvalue weighted by atomic mass is 16.5. The highest BCUT2D eigenvalue weighted by molar-refractivity contribution is 5.73. The number of ether oxygens (including phenoxy) is 1. The third-order valence-corrected chi connectivity index (χ3v) is 2.60. The van der Waals surface area contributed by atoms with E-state index in [1.165, 1.54) is 0 Å². The molecule has 1 unspecified atom stereocenters. The third-order valence-electron chi connectivity index (χ3n) is 2.60. The van der Waals surface area contributed by atoms with Gasteiger partial charge in [-0.2, -0.15) is 0 Å². The van der Waals surface area contributed by atoms with E-state index in [0.29, 0.717) is 12.3 Å². The standard InChI is InChI=1S/C14H21NO3/c1-9(2)15-8-13(14(16)17)18-12-7-10(3)5-6-11(12)4/h5-7,9,13,15H,8H2,1-4H3,(H,16,17). The van der Waals surface area contributed by atoms with Gasteiger partial charge in [0.15, 0.2) is 0 Å². The molecular formula is C14H21NO3. The van der Waals surface area contributed by atoms with Crippen LogP contribution in [0.4, 0.5) is 0 Å². The fourth-order valence-electron chi connectivity index (χ4n) is 1.51. The van der Waals surface area contributed by atoms with E-state index in [9.17, 15) is 4.79 Å². The molecule has 4 heteroatoms. The Morgan fingerprint density at radius 2 is 2.06 bits per heavy atom. The minimum atomic E-state index is -0.955. The minimum Gasteiger partial charge on any atom is -0.478 e. The van der Waals surface area contributed by atoms with Crippen molar-refractivity contribution in [3.63, 3.8) is 0 Å². The van der Waals surface area contributed by atoms with Crippen LogP contribution in [0.5, 0.6) is 5.75 Å². The van der Waals surface area contributed by atoms with Gasteiger partial charge < -0.3 is 15.2 Å². The summed E-state index contributed by atoms with van der Waals surface area (Å²) < 4.78 is 5.58. The molecule has 0 aliphatic heterocycles. The molecule has 1 rings (SSSR count). The Bertz CT molecular complexity index is 416. The molecule has 4 nitrogen and oxygen atoms in total. The van der Waals surface area contributed by atoms with Crippen LogP contribution in [0.15, 0.2) is 18.2 Å². The lowest BCUT2D eigenvalue weighted by Gasteiger charge is -2.18. The minimum absolute atomic E-state index is 0.231. The lowest BCUT2D eigenvalue weighted by atomic mass is 10.1. The lowest BCUT2D eigenvalue weighted by molar-refractivity contribution is -0.144. The fraction of sp³-hybridized carbons (Fsp3) is 0.500. The zero-order valence-corrected chi connectivity index (χ0v) is 11.4. The van der Waals surface area contributed by atoms with Crippen molar-refractivity contribution in [1.82, 2.24) is 5.32 Å². The van der Waals surface area contributed by atoms with Gasteiger partial charge >= 0.3 is 5.97 Å². The molecule has 2 N–H and O–H groups in total. The van der Waals surface area contributed by atoms with E-state index >= 15 is 0 Å². The van der Waals surface area contributed by atoms with Crippen molar-refractivity contribution in [2.75, 3.05) is 6.54 Å². The Kier molecular flexibility index (Phi) is 5.16. The molecule has 1 aromatic rings. The first-order valence-electron chi connectivity index (χ1n) is 6.10. The van der Waals surface area contributed by atoms with Crippen LogP contribution >= 0.6 is 0 Å². The van der Waals surface area contributed by atoms with Gasteiger partial charge in [-0.05, 0) is 31.0 Å². The van der Waals surface area contributed by atoms with Gasteiger partial charge in [-0.1, -0.05) is 26.0 Å². The van der Waals surface area contributed by atoms with Crippen LogP contribution in [0.25, 0.3) is 0 Å². The highest BCUT2D eigenvalue weighted by Crippen LogP contribution is 2.20. The molecule has 1 atom stereocenters. The molecule has 0 heterocycles. The molecule has 0 amide bonds. The maximum atomic E-state index is 11.1. The second-order valence-corrected chi connectivity index (χ2v) is 4.78. The van der Waals surface area contributed by atoms with E-state index in [4.69, 9.17) is 9.84 Å². The number of carboxylic acid groups (broad SMARTS) is 1. The maximum Gasteiger partial charge on any atom is 0.346 e. The summed E-state index contributed by atoms with van der Waals surface area (Å²) in [6.07, 6.45) is -0.868. The summed E-state index contributed by atoms with van der Waals surface area (Å²) in [7, 11) is 0. The van der Waals surface area contributed by atoms with Crippen LogP contribution in [-0.4, -0.2) is 29.8 Å². The SMILES string of the molecule is Cc1ccc(C)c(OC(CNC(C)C)C(=O)O)c1. The molecule has 0 radical (unpaired) electrons. The molecule has 100 valence electrons. The van der Waals surface area contributed by atoms with Crippen molar-refractivity contribution in [3.8, 4) is 5.75 Å². The van der Waals surface area contributed by atoms with E-state index in [0.717, 1.165) is 11.1 Å². The van der Waals surface area contributed by atoms with Crippen LogP contribution < -0.4 is 10.1 Å². The van der Waals surface area contributed by atoms with Gasteiger partial charge in [0.1, 0.15) is 5.75 Å². The summed E-state index contributed by atoms with van der Waals surface area (Å²) in [5, 5.41) is 12.2. The summed E-state index contributed by atoms with van der Waals surface area (Å²) in [6, 6.07) is 6.00. The molecule has 0 bridgehead atoms. The first kappa shape index (κ1) is 14.5. The van der Waals surface area contributed by atoms with E-state index < -0.39 is 12.1 Å². The second kappa shape index (κ2) is 6.40. The zero-order chi connectivity index (χ0) is 13.7. The average Bonchev–Trinajstić information content (AvgIpc) is 2.28. The Balaban J connectivity index is 2.76. The van der Waals surface area contributed by atoms with E-state index in [1.807, 2.05) is 45.9 Å². The van der Waals surface area contributed by atoms with Gasteiger partial charge in [-0.25, -0.2) is 4.79 Å². The average molecular weight is 251 g/mol. The van der Waals surface area contributed by atoms with Crippen LogP contribution in [0.2, 0.25) is 0 Å². The smallest absolute Gasteiger partial charge is 0.346 e. The second-order valence-electron chi connectivity index (χ2n) is 4.78. The number of aliphatic carboxylic acids is 1. The number of carbonyl (C=O) groups is 1. The lowest BCUT2D eigenvalue weighted by Crippen LogP contribution is -2.40. The quantitative estimate of drug-likeness (QED) is 0.813. The Hall–Kier alpha value is -1.55. The molecule has 0 saturated heterocycles. The van der Waals surface area contributed by atoms with Gasteiger partial charge in [0.05, 0.1) is 0 Å². The summed E-state index contributed by atoms with van der Waals surface area (Å²) in [6.45, 7) is 8.09. The van der Waals surface area contributed by atoms with Gasteiger partial charge in [-0.15, -0.1) is 0 Å². The molecule has 1 aromatic carbocycles. The maximum absolute atomic E-state index is 11.1. The van der Waals surface area contributed by atoms with Gasteiger partial charge in [0, 0.05) is 12.6 Å². The topological polar surface area (TPSA) is 58.6 Å². The number of aryl methyl sites for hydroxylation is 2. The number of rotatable bonds is 6. The monoisotopic (exact) mass is 251 g/mol. The van der Waals surface area contributed by atoms with E-state index in [1.54, 1.807) is 0 Å². The normalized spacial score (nSPS) is 12.5.